The van der Waals surface area contributed by atoms with E-state index in [4.69, 9.17) is 11.0 Å². The van der Waals surface area contributed by atoms with Gasteiger partial charge in [-0.05, 0) is 30.5 Å². The molecule has 4 heteroatoms. The largest absolute Gasteiger partial charge is 0.326 e. The fourth-order valence-corrected chi connectivity index (χ4v) is 2.96. The minimum atomic E-state index is 0.0155. The lowest BCUT2D eigenvalue weighted by atomic mass is 9.98. The normalized spacial score (nSPS) is 14.3. The summed E-state index contributed by atoms with van der Waals surface area (Å²) in [4.78, 5) is 2.33. The van der Waals surface area contributed by atoms with Gasteiger partial charge < -0.3 is 5.73 Å². The topological polar surface area (TPSA) is 53.0 Å². The highest BCUT2D eigenvalue weighted by Crippen LogP contribution is 2.27. The van der Waals surface area contributed by atoms with Crippen molar-refractivity contribution in [2.24, 2.45) is 11.7 Å². The van der Waals surface area contributed by atoms with Crippen LogP contribution in [0.15, 0.2) is 28.7 Å². The van der Waals surface area contributed by atoms with E-state index in [1.54, 1.807) is 0 Å². The van der Waals surface area contributed by atoms with Crippen molar-refractivity contribution < 1.29 is 0 Å². The maximum Gasteiger partial charge on any atom is 0.0635 e. The van der Waals surface area contributed by atoms with Crippen LogP contribution in [-0.2, 0) is 0 Å². The van der Waals surface area contributed by atoms with Crippen LogP contribution in [0.3, 0.4) is 0 Å². The van der Waals surface area contributed by atoms with Gasteiger partial charge in [0.25, 0.3) is 0 Å². The van der Waals surface area contributed by atoms with Gasteiger partial charge in [-0.15, -0.1) is 0 Å². The third kappa shape index (κ3) is 5.24. The quantitative estimate of drug-likeness (QED) is 0.825. The van der Waals surface area contributed by atoms with Gasteiger partial charge in [0.05, 0.1) is 6.07 Å². The standard InChI is InChI=1S/C16H24BrN3/c1-12(2)11-20(9-5-8-18)16(13(3)19)14-6-4-7-15(17)10-14/h4,6-7,10,12-13,16H,5,9,11,19H2,1-3H3. The van der Waals surface area contributed by atoms with Gasteiger partial charge in [0, 0.05) is 36.1 Å². The number of nitrogens with zero attached hydrogens (tertiary/aromatic N) is 2. The van der Waals surface area contributed by atoms with Crippen LogP contribution in [0.25, 0.3) is 0 Å². The molecule has 0 radical (unpaired) electrons. The number of nitriles is 1. The fourth-order valence-electron chi connectivity index (χ4n) is 2.54. The zero-order valence-corrected chi connectivity index (χ0v) is 14.1. The van der Waals surface area contributed by atoms with E-state index in [0.717, 1.165) is 17.6 Å². The second kappa shape index (κ2) is 8.41. The van der Waals surface area contributed by atoms with Crippen LogP contribution in [0.5, 0.6) is 0 Å². The zero-order valence-electron chi connectivity index (χ0n) is 12.5. The van der Waals surface area contributed by atoms with E-state index in [-0.39, 0.29) is 12.1 Å². The zero-order chi connectivity index (χ0) is 15.1. The Bertz CT molecular complexity index is 451. The molecule has 2 atom stereocenters. The first-order valence-electron chi connectivity index (χ1n) is 7.07. The maximum atomic E-state index is 8.87. The Morgan fingerprint density at radius 1 is 1.35 bits per heavy atom. The third-order valence-corrected chi connectivity index (χ3v) is 3.69. The van der Waals surface area contributed by atoms with Crippen LogP contribution in [-0.4, -0.2) is 24.0 Å². The molecule has 1 aromatic rings. The third-order valence-electron chi connectivity index (χ3n) is 3.19. The van der Waals surface area contributed by atoms with Crippen LogP contribution in [0.4, 0.5) is 0 Å². The Morgan fingerprint density at radius 3 is 2.55 bits per heavy atom. The number of hydrogen-bond donors (Lipinski definition) is 1. The second-order valence-electron chi connectivity index (χ2n) is 5.66. The lowest BCUT2D eigenvalue weighted by Gasteiger charge is -2.35. The predicted molar refractivity (Wildman–Crippen MR) is 87.2 cm³/mol. The summed E-state index contributed by atoms with van der Waals surface area (Å²) in [6.45, 7) is 8.12. The Kier molecular flexibility index (Phi) is 7.22. The molecule has 0 fully saturated rings. The van der Waals surface area contributed by atoms with E-state index in [9.17, 15) is 0 Å². The summed E-state index contributed by atoms with van der Waals surface area (Å²) in [5, 5.41) is 8.87. The molecule has 0 aliphatic heterocycles. The average Bonchev–Trinajstić information content (AvgIpc) is 2.35. The Hall–Kier alpha value is -0.890. The molecule has 0 heterocycles. The molecule has 3 nitrogen and oxygen atoms in total. The van der Waals surface area contributed by atoms with Gasteiger partial charge >= 0.3 is 0 Å². The molecule has 0 spiro atoms. The highest BCUT2D eigenvalue weighted by molar-refractivity contribution is 9.10. The molecule has 0 aliphatic carbocycles. The van der Waals surface area contributed by atoms with Crippen molar-refractivity contribution in [3.8, 4) is 6.07 Å². The van der Waals surface area contributed by atoms with Gasteiger partial charge in [0.1, 0.15) is 0 Å². The molecular formula is C16H24BrN3. The minimum absolute atomic E-state index is 0.0155. The summed E-state index contributed by atoms with van der Waals surface area (Å²) < 4.78 is 1.06. The van der Waals surface area contributed by atoms with Gasteiger partial charge in [-0.25, -0.2) is 0 Å². The van der Waals surface area contributed by atoms with E-state index in [1.807, 2.05) is 19.1 Å². The van der Waals surface area contributed by atoms with Crippen molar-refractivity contribution >= 4 is 15.9 Å². The molecular weight excluding hydrogens is 314 g/mol. The van der Waals surface area contributed by atoms with Crippen molar-refractivity contribution in [2.75, 3.05) is 13.1 Å². The van der Waals surface area contributed by atoms with Crippen molar-refractivity contribution in [1.29, 1.82) is 5.26 Å². The molecule has 2 unspecified atom stereocenters. The number of halogens is 1. The summed E-state index contributed by atoms with van der Waals surface area (Å²) >= 11 is 3.52. The fraction of sp³-hybridized carbons (Fsp3) is 0.562. The lowest BCUT2D eigenvalue weighted by molar-refractivity contribution is 0.160. The Labute approximate surface area is 130 Å². The van der Waals surface area contributed by atoms with Gasteiger partial charge in [0.15, 0.2) is 0 Å². The smallest absolute Gasteiger partial charge is 0.0635 e. The molecule has 2 N–H and O–H groups in total. The molecule has 20 heavy (non-hydrogen) atoms. The molecule has 1 aromatic carbocycles. The maximum absolute atomic E-state index is 8.87. The molecule has 0 aromatic heterocycles. The minimum Gasteiger partial charge on any atom is -0.326 e. The molecule has 0 aliphatic rings. The lowest BCUT2D eigenvalue weighted by Crippen LogP contribution is -2.41. The van der Waals surface area contributed by atoms with E-state index in [0.29, 0.717) is 12.3 Å². The molecule has 1 rings (SSSR count). The van der Waals surface area contributed by atoms with E-state index in [2.05, 4.69) is 52.9 Å². The summed E-state index contributed by atoms with van der Waals surface area (Å²) in [5.41, 5.74) is 7.43. The van der Waals surface area contributed by atoms with Crippen LogP contribution < -0.4 is 5.73 Å². The highest BCUT2D eigenvalue weighted by atomic mass is 79.9. The average molecular weight is 338 g/mol. The van der Waals surface area contributed by atoms with Crippen molar-refractivity contribution in [3.63, 3.8) is 0 Å². The first-order chi connectivity index (χ1) is 9.45. The SMILES string of the molecule is CC(C)CN(CCC#N)C(c1cccc(Br)c1)C(C)N. The van der Waals surface area contributed by atoms with E-state index in [1.165, 1.54) is 5.56 Å². The molecule has 110 valence electrons. The summed E-state index contributed by atoms with van der Waals surface area (Å²) in [7, 11) is 0. The molecule has 0 saturated heterocycles. The van der Waals surface area contributed by atoms with Gasteiger partial charge in [0.2, 0.25) is 0 Å². The number of rotatable bonds is 7. The van der Waals surface area contributed by atoms with Crippen molar-refractivity contribution in [3.05, 3.63) is 34.3 Å². The first kappa shape index (κ1) is 17.2. The number of benzene rings is 1. The van der Waals surface area contributed by atoms with Crippen LogP contribution in [0.1, 0.15) is 38.8 Å². The molecule has 0 saturated carbocycles. The monoisotopic (exact) mass is 337 g/mol. The van der Waals surface area contributed by atoms with Crippen LogP contribution >= 0.6 is 15.9 Å². The van der Waals surface area contributed by atoms with Crippen molar-refractivity contribution in [1.82, 2.24) is 4.90 Å². The van der Waals surface area contributed by atoms with Gasteiger partial charge in [-0.1, -0.05) is 41.9 Å². The Balaban J connectivity index is 3.03. The highest BCUT2D eigenvalue weighted by Gasteiger charge is 2.24. The Morgan fingerprint density at radius 2 is 2.05 bits per heavy atom. The number of hydrogen-bond acceptors (Lipinski definition) is 3. The summed E-state index contributed by atoms with van der Waals surface area (Å²) in [6.07, 6.45) is 0.532. The van der Waals surface area contributed by atoms with E-state index < -0.39 is 0 Å². The molecule has 0 bridgehead atoms. The predicted octanol–water partition coefficient (Wildman–Crippen LogP) is 3.71. The molecule has 0 amide bonds. The number of nitrogens with two attached hydrogens (primary N) is 1. The summed E-state index contributed by atoms with van der Waals surface area (Å²) in [6, 6.07) is 10.7. The first-order valence-corrected chi connectivity index (χ1v) is 7.87. The van der Waals surface area contributed by atoms with Gasteiger partial charge in [-0.3, -0.25) is 4.90 Å². The second-order valence-corrected chi connectivity index (χ2v) is 6.57. The van der Waals surface area contributed by atoms with Crippen LogP contribution in [0.2, 0.25) is 0 Å². The van der Waals surface area contributed by atoms with Gasteiger partial charge in [-0.2, -0.15) is 5.26 Å². The van der Waals surface area contributed by atoms with Crippen LogP contribution in [0, 0.1) is 17.2 Å². The van der Waals surface area contributed by atoms with Crippen molar-refractivity contribution in [2.45, 2.75) is 39.3 Å². The summed E-state index contributed by atoms with van der Waals surface area (Å²) in [5.74, 6) is 0.544. The van der Waals surface area contributed by atoms with E-state index >= 15 is 0 Å².